The quantitative estimate of drug-likeness (QED) is 0.683. The average molecular weight is 376 g/mol. The molecule has 0 radical (unpaired) electrons. The maximum absolute atomic E-state index is 12.3. The van der Waals surface area contributed by atoms with E-state index in [2.05, 4.69) is 37.3 Å². The number of nitrogens with zero attached hydrogens (tertiary/aromatic N) is 1. The first-order valence-corrected chi connectivity index (χ1v) is 9.63. The molecule has 5 nitrogen and oxygen atoms in total. The van der Waals surface area contributed by atoms with Gasteiger partial charge < -0.3 is 14.6 Å². The summed E-state index contributed by atoms with van der Waals surface area (Å²) in [6.45, 7) is 6.34. The Morgan fingerprint density at radius 3 is 2.71 bits per heavy atom. The molecule has 3 aromatic rings. The third-order valence-electron chi connectivity index (χ3n) is 4.94. The molecule has 1 unspecified atom stereocenters. The van der Waals surface area contributed by atoms with Crippen LogP contribution in [0.5, 0.6) is 5.75 Å². The van der Waals surface area contributed by atoms with Gasteiger partial charge in [-0.1, -0.05) is 31.1 Å². The number of fused-ring (bicyclic) bond motifs is 1. The summed E-state index contributed by atoms with van der Waals surface area (Å²) in [4.78, 5) is 12.3. The summed E-state index contributed by atoms with van der Waals surface area (Å²) in [6, 6.07) is 15.7. The number of benzene rings is 2. The summed E-state index contributed by atoms with van der Waals surface area (Å²) in [5, 5.41) is 6.96. The summed E-state index contributed by atoms with van der Waals surface area (Å²) in [6.07, 6.45) is 1.26. The number of ether oxygens (including phenoxy) is 1. The Labute approximate surface area is 164 Å². The summed E-state index contributed by atoms with van der Waals surface area (Å²) in [7, 11) is 0. The predicted molar refractivity (Wildman–Crippen MR) is 109 cm³/mol. The third kappa shape index (κ3) is 3.93. The molecule has 0 fully saturated rings. The Bertz CT molecular complexity index is 989. The van der Waals surface area contributed by atoms with Gasteiger partial charge in [-0.05, 0) is 54.3 Å². The van der Waals surface area contributed by atoms with Crippen LogP contribution in [0.25, 0.3) is 11.3 Å². The number of hydrogen-bond acceptors (Lipinski definition) is 4. The molecule has 1 aliphatic rings. The van der Waals surface area contributed by atoms with E-state index in [1.54, 1.807) is 0 Å². The van der Waals surface area contributed by atoms with Crippen LogP contribution in [0.3, 0.4) is 0 Å². The minimum Gasteiger partial charge on any atom is -0.490 e. The molecule has 0 saturated heterocycles. The fourth-order valence-electron chi connectivity index (χ4n) is 3.43. The molecule has 5 heteroatoms. The number of rotatable bonds is 5. The highest BCUT2D eigenvalue weighted by molar-refractivity contribution is 5.92. The topological polar surface area (TPSA) is 64.4 Å². The van der Waals surface area contributed by atoms with Gasteiger partial charge in [-0.3, -0.25) is 4.79 Å². The minimum atomic E-state index is -0.117. The van der Waals surface area contributed by atoms with Gasteiger partial charge in [-0.2, -0.15) is 0 Å². The van der Waals surface area contributed by atoms with Crippen molar-refractivity contribution in [2.24, 2.45) is 0 Å². The molecule has 2 heterocycles. The first-order chi connectivity index (χ1) is 13.5. The largest absolute Gasteiger partial charge is 0.490 e. The molecule has 28 heavy (non-hydrogen) atoms. The molecule has 144 valence electrons. The molecule has 4 rings (SSSR count). The van der Waals surface area contributed by atoms with Crippen molar-refractivity contribution in [1.82, 2.24) is 5.16 Å². The zero-order chi connectivity index (χ0) is 19.7. The van der Waals surface area contributed by atoms with E-state index in [-0.39, 0.29) is 18.4 Å². The van der Waals surface area contributed by atoms with Gasteiger partial charge in [0.1, 0.15) is 11.9 Å². The van der Waals surface area contributed by atoms with E-state index in [1.165, 1.54) is 11.1 Å². The first-order valence-electron chi connectivity index (χ1n) is 9.63. The number of aromatic nitrogens is 1. The van der Waals surface area contributed by atoms with Gasteiger partial charge in [-0.15, -0.1) is 0 Å². The maximum Gasteiger partial charge on any atom is 0.230 e. The van der Waals surface area contributed by atoms with Crippen molar-refractivity contribution in [1.29, 1.82) is 0 Å². The molecule has 1 aliphatic heterocycles. The second kappa shape index (κ2) is 7.50. The van der Waals surface area contributed by atoms with E-state index < -0.39 is 0 Å². The van der Waals surface area contributed by atoms with Crippen molar-refractivity contribution in [3.05, 3.63) is 65.4 Å². The van der Waals surface area contributed by atoms with E-state index in [1.807, 2.05) is 42.5 Å². The summed E-state index contributed by atoms with van der Waals surface area (Å²) >= 11 is 0. The molecule has 0 aliphatic carbocycles. The lowest BCUT2D eigenvalue weighted by Crippen LogP contribution is -2.14. The third-order valence-corrected chi connectivity index (χ3v) is 4.94. The van der Waals surface area contributed by atoms with Crippen LogP contribution >= 0.6 is 0 Å². The number of nitrogens with one attached hydrogen (secondary N) is 1. The average Bonchev–Trinajstić information content (AvgIpc) is 3.26. The van der Waals surface area contributed by atoms with Crippen LogP contribution < -0.4 is 10.1 Å². The van der Waals surface area contributed by atoms with E-state index in [9.17, 15) is 4.79 Å². The Hall–Kier alpha value is -3.08. The fraction of sp³-hybridized carbons (Fsp3) is 0.304. The number of hydrogen-bond donors (Lipinski definition) is 1. The maximum atomic E-state index is 12.3. The zero-order valence-corrected chi connectivity index (χ0v) is 16.4. The van der Waals surface area contributed by atoms with E-state index in [0.29, 0.717) is 17.4 Å². The van der Waals surface area contributed by atoms with Crippen molar-refractivity contribution in [3.8, 4) is 17.1 Å². The van der Waals surface area contributed by atoms with Crippen LogP contribution in [0.15, 0.2) is 53.1 Å². The summed E-state index contributed by atoms with van der Waals surface area (Å²) < 4.78 is 11.2. The minimum absolute atomic E-state index is 0.117. The highest BCUT2D eigenvalue weighted by Crippen LogP contribution is 2.33. The Morgan fingerprint density at radius 2 is 1.96 bits per heavy atom. The van der Waals surface area contributed by atoms with Crippen LogP contribution in [-0.2, 0) is 17.6 Å². The molecule has 1 amide bonds. The molecule has 0 saturated carbocycles. The van der Waals surface area contributed by atoms with Crippen LogP contribution in [0.4, 0.5) is 5.69 Å². The Morgan fingerprint density at radius 1 is 1.18 bits per heavy atom. The van der Waals surface area contributed by atoms with Crippen molar-refractivity contribution in [2.75, 3.05) is 5.32 Å². The first kappa shape index (κ1) is 18.3. The van der Waals surface area contributed by atoms with Gasteiger partial charge in [-0.25, -0.2) is 0 Å². The lowest BCUT2D eigenvalue weighted by atomic mass is 10.0. The van der Waals surface area contributed by atoms with Gasteiger partial charge in [0.15, 0.2) is 5.76 Å². The Balaban J connectivity index is 1.41. The number of carbonyl (C=O) groups is 1. The van der Waals surface area contributed by atoms with Crippen molar-refractivity contribution in [3.63, 3.8) is 0 Å². The molecule has 2 aromatic carbocycles. The molecular weight excluding hydrogens is 352 g/mol. The van der Waals surface area contributed by atoms with Gasteiger partial charge in [0.2, 0.25) is 5.91 Å². The monoisotopic (exact) mass is 376 g/mol. The number of anilines is 1. The SMILES string of the molecule is CC1Cc2cc(-c3cc(CC(=O)Nc4ccc(C(C)C)cc4)no3)ccc2O1. The smallest absolute Gasteiger partial charge is 0.230 e. The highest BCUT2D eigenvalue weighted by atomic mass is 16.5. The van der Waals surface area contributed by atoms with Gasteiger partial charge in [0.05, 0.1) is 12.1 Å². The molecule has 0 bridgehead atoms. The van der Waals surface area contributed by atoms with Crippen molar-refractivity contribution < 1.29 is 14.1 Å². The van der Waals surface area contributed by atoms with Crippen molar-refractivity contribution in [2.45, 2.75) is 45.6 Å². The van der Waals surface area contributed by atoms with Gasteiger partial charge in [0.25, 0.3) is 0 Å². The van der Waals surface area contributed by atoms with Crippen LogP contribution in [0.2, 0.25) is 0 Å². The Kier molecular flexibility index (Phi) is 4.90. The van der Waals surface area contributed by atoms with E-state index in [4.69, 9.17) is 9.26 Å². The van der Waals surface area contributed by atoms with Gasteiger partial charge >= 0.3 is 0 Å². The standard InChI is InChI=1S/C23H24N2O3/c1-14(2)16-4-7-19(8-5-16)24-23(26)13-20-12-22(28-25-20)17-6-9-21-18(11-17)10-15(3)27-21/h4-9,11-12,14-15H,10,13H2,1-3H3,(H,24,26). The summed E-state index contributed by atoms with van der Waals surface area (Å²) in [5.41, 5.74) is 4.75. The van der Waals surface area contributed by atoms with Gasteiger partial charge in [0, 0.05) is 23.7 Å². The fourth-order valence-corrected chi connectivity index (χ4v) is 3.43. The van der Waals surface area contributed by atoms with Crippen LogP contribution in [0.1, 0.15) is 43.5 Å². The molecular formula is C23H24N2O3. The molecule has 1 aromatic heterocycles. The number of carbonyl (C=O) groups excluding carboxylic acids is 1. The number of amides is 1. The predicted octanol–water partition coefficient (Wildman–Crippen LogP) is 4.97. The second-order valence-corrected chi connectivity index (χ2v) is 7.64. The zero-order valence-electron chi connectivity index (χ0n) is 16.4. The van der Waals surface area contributed by atoms with E-state index in [0.717, 1.165) is 23.4 Å². The van der Waals surface area contributed by atoms with Crippen LogP contribution in [-0.4, -0.2) is 17.2 Å². The van der Waals surface area contributed by atoms with Crippen molar-refractivity contribution >= 4 is 11.6 Å². The van der Waals surface area contributed by atoms with Crippen LogP contribution in [0, 0.1) is 0 Å². The normalized spacial score (nSPS) is 15.4. The highest BCUT2D eigenvalue weighted by Gasteiger charge is 2.20. The lowest BCUT2D eigenvalue weighted by Gasteiger charge is -2.07. The summed E-state index contributed by atoms with van der Waals surface area (Å²) in [5.74, 6) is 1.94. The molecule has 1 N–H and O–H groups in total. The lowest BCUT2D eigenvalue weighted by molar-refractivity contribution is -0.115. The van der Waals surface area contributed by atoms with E-state index >= 15 is 0 Å². The molecule has 1 atom stereocenters. The molecule has 0 spiro atoms. The second-order valence-electron chi connectivity index (χ2n) is 7.64.